The van der Waals surface area contributed by atoms with Crippen LogP contribution in [-0.4, -0.2) is 51.3 Å². The van der Waals surface area contributed by atoms with Crippen LogP contribution >= 0.6 is 0 Å². The van der Waals surface area contributed by atoms with E-state index in [0.717, 1.165) is 22.9 Å². The molecule has 3 rings (SSSR count). The predicted octanol–water partition coefficient (Wildman–Crippen LogP) is 1.63. The van der Waals surface area contributed by atoms with E-state index in [-0.39, 0.29) is 17.7 Å². The zero-order valence-corrected chi connectivity index (χ0v) is 16.5. The Bertz CT molecular complexity index is 805. The van der Waals surface area contributed by atoms with Crippen LogP contribution in [0.15, 0.2) is 30.5 Å². The van der Waals surface area contributed by atoms with Gasteiger partial charge in [0.2, 0.25) is 11.8 Å². The van der Waals surface area contributed by atoms with Crippen LogP contribution in [0.4, 0.5) is 0 Å². The average molecular weight is 381 g/mol. The van der Waals surface area contributed by atoms with Gasteiger partial charge in [-0.2, -0.15) is 0 Å². The average Bonchev–Trinajstić information content (AvgIpc) is 2.67. The van der Waals surface area contributed by atoms with E-state index < -0.39 is 0 Å². The summed E-state index contributed by atoms with van der Waals surface area (Å²) in [4.78, 5) is 39.6. The molecule has 0 aromatic carbocycles. The third kappa shape index (κ3) is 5.58. The first-order valence-corrected chi connectivity index (χ1v) is 9.78. The molecule has 3 heterocycles. The number of carbonyl (C=O) groups is 2. The van der Waals surface area contributed by atoms with Crippen molar-refractivity contribution in [2.24, 2.45) is 5.92 Å². The van der Waals surface area contributed by atoms with Gasteiger partial charge in [-0.1, -0.05) is 6.07 Å². The van der Waals surface area contributed by atoms with Gasteiger partial charge in [-0.25, -0.2) is 9.97 Å². The maximum absolute atomic E-state index is 12.5. The summed E-state index contributed by atoms with van der Waals surface area (Å²) in [7, 11) is 0. The zero-order valence-electron chi connectivity index (χ0n) is 16.5. The summed E-state index contributed by atoms with van der Waals surface area (Å²) < 4.78 is 0. The minimum Gasteiger partial charge on any atom is -0.355 e. The standard InChI is InChI=1S/C21H27N5O2/c1-15-13-16(2)25-19(24-15)8-11-23-21(28)17-6-7-20(27)26(14-17)12-9-18-5-3-4-10-22-18/h3-5,10,13,17H,6-9,11-12,14H2,1-2H3,(H,23,28)/t17-/m0/s1. The Morgan fingerprint density at radius 2 is 2.00 bits per heavy atom. The summed E-state index contributed by atoms with van der Waals surface area (Å²) in [6.45, 7) is 5.44. The first-order chi connectivity index (χ1) is 13.5. The first kappa shape index (κ1) is 19.9. The second kappa shape index (κ2) is 9.39. The van der Waals surface area contributed by atoms with Gasteiger partial charge in [0.05, 0.1) is 5.92 Å². The van der Waals surface area contributed by atoms with E-state index in [1.165, 1.54) is 0 Å². The summed E-state index contributed by atoms with van der Waals surface area (Å²) in [5, 5.41) is 2.98. The second-order valence-electron chi connectivity index (χ2n) is 7.25. The molecule has 7 heteroatoms. The van der Waals surface area contributed by atoms with E-state index in [2.05, 4.69) is 20.3 Å². The monoisotopic (exact) mass is 381 g/mol. The largest absolute Gasteiger partial charge is 0.355 e. The van der Waals surface area contributed by atoms with E-state index in [4.69, 9.17) is 0 Å². The van der Waals surface area contributed by atoms with Crippen molar-refractivity contribution >= 4 is 11.8 Å². The fourth-order valence-corrected chi connectivity index (χ4v) is 3.49. The van der Waals surface area contributed by atoms with Crippen LogP contribution in [0.1, 0.15) is 35.7 Å². The summed E-state index contributed by atoms with van der Waals surface area (Å²) >= 11 is 0. The van der Waals surface area contributed by atoms with Gasteiger partial charge in [0.1, 0.15) is 5.82 Å². The number of aryl methyl sites for hydroxylation is 2. The lowest BCUT2D eigenvalue weighted by atomic mass is 9.96. The van der Waals surface area contributed by atoms with Crippen molar-refractivity contribution in [2.45, 2.75) is 39.5 Å². The Kier molecular flexibility index (Phi) is 6.68. The molecule has 1 N–H and O–H groups in total. The normalized spacial score (nSPS) is 16.9. The van der Waals surface area contributed by atoms with Gasteiger partial charge in [-0.3, -0.25) is 14.6 Å². The molecule has 0 bridgehead atoms. The van der Waals surface area contributed by atoms with Gasteiger partial charge in [0.25, 0.3) is 0 Å². The van der Waals surface area contributed by atoms with Gasteiger partial charge in [0, 0.05) is 62.2 Å². The third-order valence-corrected chi connectivity index (χ3v) is 4.91. The van der Waals surface area contributed by atoms with Crippen molar-refractivity contribution in [2.75, 3.05) is 19.6 Å². The van der Waals surface area contributed by atoms with E-state index in [0.29, 0.717) is 45.3 Å². The Balaban J connectivity index is 1.47. The molecule has 28 heavy (non-hydrogen) atoms. The van der Waals surface area contributed by atoms with Crippen molar-refractivity contribution in [3.63, 3.8) is 0 Å². The Morgan fingerprint density at radius 1 is 1.21 bits per heavy atom. The highest BCUT2D eigenvalue weighted by atomic mass is 16.2. The first-order valence-electron chi connectivity index (χ1n) is 9.78. The molecular formula is C21H27N5O2. The molecule has 0 saturated carbocycles. The summed E-state index contributed by atoms with van der Waals surface area (Å²) in [5.41, 5.74) is 2.82. The van der Waals surface area contributed by atoms with E-state index in [1.54, 1.807) is 11.1 Å². The molecule has 1 fully saturated rings. The van der Waals surface area contributed by atoms with Crippen molar-refractivity contribution in [3.8, 4) is 0 Å². The summed E-state index contributed by atoms with van der Waals surface area (Å²) in [6.07, 6.45) is 4.07. The minimum absolute atomic E-state index is 0.000267. The number of rotatable bonds is 7. The van der Waals surface area contributed by atoms with E-state index in [1.807, 2.05) is 38.1 Å². The van der Waals surface area contributed by atoms with Crippen molar-refractivity contribution in [1.82, 2.24) is 25.2 Å². The number of likely N-dealkylation sites (tertiary alicyclic amines) is 1. The van der Waals surface area contributed by atoms with E-state index >= 15 is 0 Å². The molecule has 0 radical (unpaired) electrons. The van der Waals surface area contributed by atoms with Crippen LogP contribution in [0.5, 0.6) is 0 Å². The van der Waals surface area contributed by atoms with Crippen molar-refractivity contribution < 1.29 is 9.59 Å². The number of nitrogens with zero attached hydrogens (tertiary/aromatic N) is 4. The highest BCUT2D eigenvalue weighted by molar-refractivity contribution is 5.83. The van der Waals surface area contributed by atoms with Gasteiger partial charge in [-0.15, -0.1) is 0 Å². The molecule has 1 atom stereocenters. The zero-order chi connectivity index (χ0) is 19.9. The molecule has 1 aliphatic heterocycles. The van der Waals surface area contributed by atoms with Gasteiger partial charge in [-0.05, 0) is 38.5 Å². The maximum Gasteiger partial charge on any atom is 0.224 e. The Hall–Kier alpha value is -2.83. The molecule has 0 aliphatic carbocycles. The highest BCUT2D eigenvalue weighted by Crippen LogP contribution is 2.18. The number of piperidine rings is 1. The minimum atomic E-state index is -0.165. The molecule has 0 spiro atoms. The number of amides is 2. The van der Waals surface area contributed by atoms with E-state index in [9.17, 15) is 9.59 Å². The molecule has 0 unspecified atom stereocenters. The maximum atomic E-state index is 12.5. The summed E-state index contributed by atoms with van der Waals surface area (Å²) in [5.74, 6) is 0.693. The number of hydrogen-bond acceptors (Lipinski definition) is 5. The lowest BCUT2D eigenvalue weighted by molar-refractivity contribution is -0.138. The van der Waals surface area contributed by atoms with Crippen molar-refractivity contribution in [1.29, 1.82) is 0 Å². The number of carbonyl (C=O) groups excluding carboxylic acids is 2. The molecular weight excluding hydrogens is 354 g/mol. The highest BCUT2D eigenvalue weighted by Gasteiger charge is 2.29. The molecule has 1 aliphatic rings. The molecule has 148 valence electrons. The lowest BCUT2D eigenvalue weighted by Crippen LogP contribution is -2.46. The molecule has 2 aromatic rings. The number of pyridine rings is 1. The van der Waals surface area contributed by atoms with Crippen LogP contribution < -0.4 is 5.32 Å². The Morgan fingerprint density at radius 3 is 2.71 bits per heavy atom. The van der Waals surface area contributed by atoms with Gasteiger partial charge in [0.15, 0.2) is 0 Å². The lowest BCUT2D eigenvalue weighted by Gasteiger charge is -2.32. The van der Waals surface area contributed by atoms with Crippen LogP contribution in [0.2, 0.25) is 0 Å². The van der Waals surface area contributed by atoms with Crippen LogP contribution in [0.3, 0.4) is 0 Å². The molecule has 2 aromatic heterocycles. The fourth-order valence-electron chi connectivity index (χ4n) is 3.49. The fraction of sp³-hybridized carbons (Fsp3) is 0.476. The smallest absolute Gasteiger partial charge is 0.224 e. The van der Waals surface area contributed by atoms with Crippen molar-refractivity contribution in [3.05, 3.63) is 53.4 Å². The van der Waals surface area contributed by atoms with Gasteiger partial charge < -0.3 is 10.2 Å². The topological polar surface area (TPSA) is 88.1 Å². The molecule has 1 saturated heterocycles. The predicted molar refractivity (Wildman–Crippen MR) is 105 cm³/mol. The summed E-state index contributed by atoms with van der Waals surface area (Å²) in [6, 6.07) is 7.70. The number of aromatic nitrogens is 3. The van der Waals surface area contributed by atoms with Gasteiger partial charge >= 0.3 is 0 Å². The second-order valence-corrected chi connectivity index (χ2v) is 7.25. The molecule has 2 amide bonds. The molecule has 7 nitrogen and oxygen atoms in total. The third-order valence-electron chi connectivity index (χ3n) is 4.91. The van der Waals surface area contributed by atoms with Crippen LogP contribution in [0, 0.1) is 19.8 Å². The SMILES string of the molecule is Cc1cc(C)nc(CCNC(=O)[C@H]2CCC(=O)N(CCc3ccccn3)C2)n1. The van der Waals surface area contributed by atoms with Crippen LogP contribution in [0.25, 0.3) is 0 Å². The quantitative estimate of drug-likeness (QED) is 0.788. The number of nitrogens with one attached hydrogen (secondary N) is 1. The number of hydrogen-bond donors (Lipinski definition) is 1. The van der Waals surface area contributed by atoms with Crippen LogP contribution in [-0.2, 0) is 22.4 Å². The Labute approximate surface area is 165 Å².